The van der Waals surface area contributed by atoms with Gasteiger partial charge in [-0.15, -0.1) is 0 Å². The maximum atomic E-state index is 5.34. The molecule has 0 spiro atoms. The van der Waals surface area contributed by atoms with Crippen molar-refractivity contribution in [1.82, 2.24) is 34.5 Å². The minimum absolute atomic E-state index is 0.0347. The quantitative estimate of drug-likeness (QED) is 0.0368. The van der Waals surface area contributed by atoms with Crippen molar-refractivity contribution in [3.8, 4) is 95.5 Å². The van der Waals surface area contributed by atoms with Gasteiger partial charge >= 0.3 is 0 Å². The molecule has 0 bridgehead atoms. The first kappa shape index (κ1) is 70.8. The molecular weight excluding hydrogens is 1250 g/mol. The largest absolute Gasteiger partial charge is 0.309 e. The maximum absolute atomic E-state index is 5.34. The third kappa shape index (κ3) is 15.1. The predicted molar refractivity (Wildman–Crippen MR) is 434 cm³/mol. The molecule has 2 aliphatic rings. The summed E-state index contributed by atoms with van der Waals surface area (Å²) in [4.78, 5) is 31.0. The van der Waals surface area contributed by atoms with Crippen LogP contribution in [0, 0.1) is 13.8 Å². The van der Waals surface area contributed by atoms with E-state index in [1.54, 1.807) is 0 Å². The number of pyridine rings is 2. The molecule has 103 heavy (non-hydrogen) atoms. The number of aryl methyl sites for hydroxylation is 2. The standard InChI is InChI=1S/C96H107N7/c1-7-11-15-19-23-31-51-95(52-32-24-20-16-12-8-2)85-55-68(5)39-45-79(85)81-47-42-71(60-87(81)95)93-99-64-76(65-100-93)74-56-75(58-78(57-74)103-91-37-29-27-35-83(91)84-36-28-30-38-92(84)103)77-66-101-94(102-67-77)72-43-48-82-80-46-41-70(73-44-50-90(98-63-73)89-49-40-69(6)62-97-89)59-86(80)96(88(82)61-72,53-33-25-21-17-13-9-3)54-34-26-22-18-14-10-4/h27-30,35-50,55-67H,7-26,31-34,51-54H2,1-6H3. The lowest BCUT2D eigenvalue weighted by molar-refractivity contribution is 0.398. The molecule has 12 aromatic rings. The van der Waals surface area contributed by atoms with Gasteiger partial charge in [-0.3, -0.25) is 9.97 Å². The summed E-state index contributed by atoms with van der Waals surface area (Å²) in [5.74, 6) is 1.49. The zero-order chi connectivity index (χ0) is 70.5. The zero-order valence-electron chi connectivity index (χ0n) is 62.5. The summed E-state index contributed by atoms with van der Waals surface area (Å²) in [6, 6.07) is 61.8. The molecule has 0 N–H and O–H groups in total. The lowest BCUT2D eigenvalue weighted by Crippen LogP contribution is -2.25. The van der Waals surface area contributed by atoms with E-state index in [-0.39, 0.29) is 10.8 Å². The Morgan fingerprint density at radius 3 is 1.04 bits per heavy atom. The summed E-state index contributed by atoms with van der Waals surface area (Å²) in [5.41, 5.74) is 27.3. The number of para-hydroxylation sites is 2. The molecule has 2 aliphatic carbocycles. The van der Waals surface area contributed by atoms with E-state index < -0.39 is 0 Å². The summed E-state index contributed by atoms with van der Waals surface area (Å²) in [6.07, 6.45) is 47.4. The second-order valence-electron chi connectivity index (χ2n) is 30.4. The van der Waals surface area contributed by atoms with Crippen molar-refractivity contribution in [3.63, 3.8) is 0 Å². The Morgan fingerprint density at radius 1 is 0.272 bits per heavy atom. The molecule has 5 aromatic heterocycles. The molecule has 7 nitrogen and oxygen atoms in total. The third-order valence-corrected chi connectivity index (χ3v) is 23.2. The Balaban J connectivity index is 0.814. The van der Waals surface area contributed by atoms with Gasteiger partial charge in [0.2, 0.25) is 0 Å². The van der Waals surface area contributed by atoms with Crippen LogP contribution in [0.25, 0.3) is 117 Å². The molecule has 0 saturated carbocycles. The van der Waals surface area contributed by atoms with Gasteiger partial charge in [0.1, 0.15) is 0 Å². The van der Waals surface area contributed by atoms with E-state index in [0.717, 1.165) is 97.1 Å². The van der Waals surface area contributed by atoms with Crippen LogP contribution in [0.3, 0.4) is 0 Å². The molecule has 5 heterocycles. The Labute approximate surface area is 614 Å². The van der Waals surface area contributed by atoms with E-state index in [2.05, 4.69) is 210 Å². The molecule has 0 radical (unpaired) electrons. The van der Waals surface area contributed by atoms with E-state index >= 15 is 0 Å². The molecule has 14 rings (SSSR count). The van der Waals surface area contributed by atoms with Gasteiger partial charge in [-0.25, -0.2) is 19.9 Å². The highest BCUT2D eigenvalue weighted by atomic mass is 15.0. The molecule has 0 amide bonds. The SMILES string of the molecule is CCCCCCCCC1(CCCCCCCC)c2cc(C)ccc2-c2ccc(-c3ncc(-c4cc(-c5cnc(-c6ccc7c(c6)C(CCCCCCCC)(CCCCCCCC)c6cc(-c8ccc(-c9ccc(C)cn9)nc8)ccc6-7)nc5)cc(-n5c6ccccc6c6ccccc65)c4)cn3)cc21. The van der Waals surface area contributed by atoms with Crippen molar-refractivity contribution in [3.05, 3.63) is 234 Å². The first-order valence-corrected chi connectivity index (χ1v) is 39.9. The van der Waals surface area contributed by atoms with E-state index in [0.29, 0.717) is 0 Å². The van der Waals surface area contributed by atoms with Gasteiger partial charge in [0.05, 0.1) is 22.4 Å². The van der Waals surface area contributed by atoms with Crippen LogP contribution in [-0.2, 0) is 10.8 Å². The smallest absolute Gasteiger partial charge is 0.159 e. The first-order chi connectivity index (χ1) is 50.7. The fraction of sp³-hybridized carbons (Fsp3) is 0.375. The molecule has 526 valence electrons. The van der Waals surface area contributed by atoms with Crippen LogP contribution >= 0.6 is 0 Å². The fourth-order valence-electron chi connectivity index (χ4n) is 17.6. The van der Waals surface area contributed by atoms with Gasteiger partial charge in [-0.1, -0.05) is 290 Å². The van der Waals surface area contributed by atoms with Gasteiger partial charge in [0, 0.05) is 92.3 Å². The molecule has 0 aliphatic heterocycles. The molecule has 0 atom stereocenters. The third-order valence-electron chi connectivity index (χ3n) is 23.2. The van der Waals surface area contributed by atoms with Gasteiger partial charge in [0.15, 0.2) is 11.6 Å². The predicted octanol–water partition coefficient (Wildman–Crippen LogP) is 27.3. The highest BCUT2D eigenvalue weighted by molar-refractivity contribution is 6.09. The van der Waals surface area contributed by atoms with Crippen LogP contribution in [0.4, 0.5) is 0 Å². The second-order valence-corrected chi connectivity index (χ2v) is 30.4. The molecular formula is C96H107N7. The van der Waals surface area contributed by atoms with Crippen LogP contribution in [-0.4, -0.2) is 34.5 Å². The Hall–Kier alpha value is -9.20. The molecule has 7 aromatic carbocycles. The van der Waals surface area contributed by atoms with Gasteiger partial charge in [0.25, 0.3) is 0 Å². The van der Waals surface area contributed by atoms with Crippen molar-refractivity contribution < 1.29 is 0 Å². The van der Waals surface area contributed by atoms with E-state index in [1.807, 2.05) is 37.2 Å². The topological polar surface area (TPSA) is 82.3 Å². The van der Waals surface area contributed by atoms with Crippen molar-refractivity contribution in [2.24, 2.45) is 0 Å². The van der Waals surface area contributed by atoms with Crippen molar-refractivity contribution in [1.29, 1.82) is 0 Å². The minimum atomic E-state index is -0.157. The first-order valence-electron chi connectivity index (χ1n) is 39.9. The summed E-state index contributed by atoms with van der Waals surface area (Å²) in [5, 5.41) is 2.45. The molecule has 7 heteroatoms. The van der Waals surface area contributed by atoms with Crippen molar-refractivity contribution in [2.75, 3.05) is 0 Å². The zero-order valence-corrected chi connectivity index (χ0v) is 62.5. The summed E-state index contributed by atoms with van der Waals surface area (Å²) >= 11 is 0. The number of benzene rings is 7. The van der Waals surface area contributed by atoms with Gasteiger partial charge < -0.3 is 4.57 Å². The van der Waals surface area contributed by atoms with Crippen LogP contribution in [0.2, 0.25) is 0 Å². The summed E-state index contributed by atoms with van der Waals surface area (Å²) < 4.78 is 2.42. The van der Waals surface area contributed by atoms with Crippen LogP contribution in [0.5, 0.6) is 0 Å². The summed E-state index contributed by atoms with van der Waals surface area (Å²) in [7, 11) is 0. The van der Waals surface area contributed by atoms with Crippen molar-refractivity contribution >= 4 is 21.8 Å². The number of unbranched alkanes of at least 4 members (excludes halogenated alkanes) is 20. The fourth-order valence-corrected chi connectivity index (χ4v) is 17.6. The number of nitrogens with zero attached hydrogens (tertiary/aromatic N) is 7. The average molecular weight is 1360 g/mol. The summed E-state index contributed by atoms with van der Waals surface area (Å²) in [6.45, 7) is 13.6. The Bertz CT molecular complexity index is 4740. The minimum Gasteiger partial charge on any atom is -0.309 e. The molecule has 0 fully saturated rings. The van der Waals surface area contributed by atoms with Crippen LogP contribution in [0.1, 0.15) is 241 Å². The second kappa shape index (κ2) is 33.1. The number of hydrogen-bond donors (Lipinski definition) is 0. The highest BCUT2D eigenvalue weighted by Gasteiger charge is 2.44. The maximum Gasteiger partial charge on any atom is 0.159 e. The lowest BCUT2D eigenvalue weighted by Gasteiger charge is -2.33. The van der Waals surface area contributed by atoms with Gasteiger partial charge in [-0.2, -0.15) is 0 Å². The van der Waals surface area contributed by atoms with Crippen LogP contribution in [0.15, 0.2) is 201 Å². The average Bonchev–Trinajstić information content (AvgIpc) is 1.58. The monoisotopic (exact) mass is 1360 g/mol. The highest BCUT2D eigenvalue weighted by Crippen LogP contribution is 2.57. The molecule has 0 saturated heterocycles. The number of hydrogen-bond acceptors (Lipinski definition) is 6. The Kier molecular flexibility index (Phi) is 22.7. The number of aromatic nitrogens is 7. The number of fused-ring (bicyclic) bond motifs is 9. The van der Waals surface area contributed by atoms with Gasteiger partial charge in [-0.05, 0) is 167 Å². The number of rotatable bonds is 35. The van der Waals surface area contributed by atoms with E-state index in [1.165, 1.54) is 233 Å². The van der Waals surface area contributed by atoms with Crippen LogP contribution < -0.4 is 0 Å². The normalized spacial score (nSPS) is 13.2. The van der Waals surface area contributed by atoms with Crippen molar-refractivity contribution in [2.45, 2.75) is 232 Å². The Morgan fingerprint density at radius 2 is 0.621 bits per heavy atom. The van der Waals surface area contributed by atoms with E-state index in [9.17, 15) is 0 Å². The molecule has 0 unspecified atom stereocenters. The van der Waals surface area contributed by atoms with E-state index in [4.69, 9.17) is 29.9 Å². The lowest BCUT2D eigenvalue weighted by atomic mass is 9.70.